The van der Waals surface area contributed by atoms with Crippen molar-refractivity contribution in [3.63, 3.8) is 0 Å². The van der Waals surface area contributed by atoms with Crippen molar-refractivity contribution in [2.75, 3.05) is 0 Å². The van der Waals surface area contributed by atoms with Gasteiger partial charge in [-0.05, 0) is 95.5 Å². The SMILES string of the molecule is C=Cc1ccc2cc(-c3ccc(CCC4CCC(C=C)CC4)cc3)ccc2c1. The lowest BCUT2D eigenvalue weighted by Gasteiger charge is -2.26. The van der Waals surface area contributed by atoms with Crippen molar-refractivity contribution < 1.29 is 0 Å². The smallest absolute Gasteiger partial charge is 0.0177 e. The fourth-order valence-electron chi connectivity index (χ4n) is 4.52. The van der Waals surface area contributed by atoms with E-state index in [0.717, 1.165) is 11.8 Å². The molecule has 0 bridgehead atoms. The lowest BCUT2D eigenvalue weighted by atomic mass is 9.79. The van der Waals surface area contributed by atoms with Crippen molar-refractivity contribution in [3.05, 3.63) is 91.0 Å². The lowest BCUT2D eigenvalue weighted by Crippen LogP contribution is -2.13. The van der Waals surface area contributed by atoms with Crippen LogP contribution < -0.4 is 0 Å². The zero-order valence-electron chi connectivity index (χ0n) is 16.7. The van der Waals surface area contributed by atoms with Gasteiger partial charge in [0.25, 0.3) is 0 Å². The molecular formula is C28H30. The highest BCUT2D eigenvalue weighted by Crippen LogP contribution is 2.32. The molecule has 0 nitrogen and oxygen atoms in total. The maximum Gasteiger partial charge on any atom is -0.0177 e. The largest absolute Gasteiger partial charge is 0.103 e. The Hall–Kier alpha value is -2.60. The van der Waals surface area contributed by atoms with Gasteiger partial charge in [0.2, 0.25) is 0 Å². The average Bonchev–Trinajstić information content (AvgIpc) is 2.77. The summed E-state index contributed by atoms with van der Waals surface area (Å²) in [6, 6.07) is 22.4. The third kappa shape index (κ3) is 4.28. The Morgan fingerprint density at radius 1 is 0.750 bits per heavy atom. The van der Waals surface area contributed by atoms with Crippen LogP contribution in [0.2, 0.25) is 0 Å². The molecule has 4 rings (SSSR count). The van der Waals surface area contributed by atoms with Crippen LogP contribution in [0.15, 0.2) is 79.9 Å². The lowest BCUT2D eigenvalue weighted by molar-refractivity contribution is 0.296. The maximum atomic E-state index is 3.96. The Balaban J connectivity index is 1.41. The van der Waals surface area contributed by atoms with Crippen LogP contribution in [-0.4, -0.2) is 0 Å². The quantitative estimate of drug-likeness (QED) is 0.387. The Morgan fingerprint density at radius 2 is 1.43 bits per heavy atom. The molecule has 0 radical (unpaired) electrons. The number of benzene rings is 3. The minimum atomic E-state index is 0.765. The standard InChI is InChI=1S/C28H30/c1-3-21-5-7-23(8-6-21)9-10-24-12-14-25(15-13-24)27-18-17-26-19-22(4-2)11-16-28(26)20-27/h3-4,11-21,23H,1-2,5-10H2. The number of fused-ring (bicyclic) bond motifs is 1. The van der Waals surface area contributed by atoms with Crippen molar-refractivity contribution in [1.82, 2.24) is 0 Å². The van der Waals surface area contributed by atoms with Crippen LogP contribution in [0, 0.1) is 11.8 Å². The molecule has 142 valence electrons. The van der Waals surface area contributed by atoms with Gasteiger partial charge in [-0.1, -0.05) is 67.3 Å². The molecule has 0 aromatic heterocycles. The van der Waals surface area contributed by atoms with Gasteiger partial charge in [-0.15, -0.1) is 6.58 Å². The van der Waals surface area contributed by atoms with Gasteiger partial charge >= 0.3 is 0 Å². The zero-order chi connectivity index (χ0) is 19.3. The Kier molecular flexibility index (Phi) is 5.76. The van der Waals surface area contributed by atoms with E-state index >= 15 is 0 Å². The number of rotatable bonds is 6. The van der Waals surface area contributed by atoms with E-state index in [-0.39, 0.29) is 0 Å². The van der Waals surface area contributed by atoms with Crippen LogP contribution in [-0.2, 0) is 6.42 Å². The highest BCUT2D eigenvalue weighted by Gasteiger charge is 2.18. The van der Waals surface area contributed by atoms with Gasteiger partial charge in [0.05, 0.1) is 0 Å². The van der Waals surface area contributed by atoms with Crippen LogP contribution in [0.4, 0.5) is 0 Å². The Bertz CT molecular complexity index is 953. The molecule has 0 aliphatic heterocycles. The summed E-state index contributed by atoms with van der Waals surface area (Å²) < 4.78 is 0. The fourth-order valence-corrected chi connectivity index (χ4v) is 4.52. The van der Waals surface area contributed by atoms with Crippen molar-refractivity contribution in [3.8, 4) is 11.1 Å². The molecule has 0 unspecified atom stereocenters. The van der Waals surface area contributed by atoms with E-state index in [9.17, 15) is 0 Å². The summed E-state index contributed by atoms with van der Waals surface area (Å²) in [5, 5.41) is 2.55. The number of hydrogen-bond acceptors (Lipinski definition) is 0. The average molecular weight is 367 g/mol. The number of aryl methyl sites for hydroxylation is 1. The van der Waals surface area contributed by atoms with Gasteiger partial charge in [0.15, 0.2) is 0 Å². The highest BCUT2D eigenvalue weighted by atomic mass is 14.2. The van der Waals surface area contributed by atoms with E-state index < -0.39 is 0 Å². The van der Waals surface area contributed by atoms with Crippen molar-refractivity contribution in [2.45, 2.75) is 38.5 Å². The van der Waals surface area contributed by atoms with E-state index in [4.69, 9.17) is 0 Å². The van der Waals surface area contributed by atoms with Gasteiger partial charge in [-0.3, -0.25) is 0 Å². The minimum Gasteiger partial charge on any atom is -0.103 e. The molecule has 0 N–H and O–H groups in total. The molecular weight excluding hydrogens is 336 g/mol. The monoisotopic (exact) mass is 366 g/mol. The zero-order valence-corrected chi connectivity index (χ0v) is 16.7. The molecule has 1 aliphatic carbocycles. The van der Waals surface area contributed by atoms with Gasteiger partial charge in [-0.25, -0.2) is 0 Å². The Labute approximate surface area is 169 Å². The molecule has 1 saturated carbocycles. The van der Waals surface area contributed by atoms with E-state index in [1.165, 1.54) is 71.6 Å². The van der Waals surface area contributed by atoms with Crippen LogP contribution in [0.5, 0.6) is 0 Å². The number of hydrogen-bond donors (Lipinski definition) is 0. The first-order valence-corrected chi connectivity index (χ1v) is 10.6. The van der Waals surface area contributed by atoms with Crippen molar-refractivity contribution >= 4 is 16.8 Å². The van der Waals surface area contributed by atoms with Crippen LogP contribution in [0.1, 0.15) is 43.2 Å². The molecule has 0 amide bonds. The third-order valence-corrected chi connectivity index (χ3v) is 6.45. The molecule has 0 heterocycles. The summed E-state index contributed by atoms with van der Waals surface area (Å²) in [4.78, 5) is 0. The van der Waals surface area contributed by atoms with E-state index in [0.29, 0.717) is 0 Å². The van der Waals surface area contributed by atoms with Gasteiger partial charge in [-0.2, -0.15) is 0 Å². The van der Waals surface area contributed by atoms with Gasteiger partial charge < -0.3 is 0 Å². The van der Waals surface area contributed by atoms with E-state index in [1.807, 2.05) is 6.08 Å². The summed E-state index contributed by atoms with van der Waals surface area (Å²) in [6.45, 7) is 7.82. The Morgan fingerprint density at radius 3 is 2.14 bits per heavy atom. The van der Waals surface area contributed by atoms with Gasteiger partial charge in [0.1, 0.15) is 0 Å². The summed E-state index contributed by atoms with van der Waals surface area (Å²) >= 11 is 0. The fraction of sp³-hybridized carbons (Fsp3) is 0.286. The molecule has 0 saturated heterocycles. The second kappa shape index (κ2) is 8.61. The van der Waals surface area contributed by atoms with Crippen LogP contribution in [0.25, 0.3) is 28.0 Å². The van der Waals surface area contributed by atoms with E-state index in [2.05, 4.69) is 79.9 Å². The van der Waals surface area contributed by atoms with Gasteiger partial charge in [0, 0.05) is 0 Å². The first kappa shape index (κ1) is 18.7. The molecule has 0 heteroatoms. The van der Waals surface area contributed by atoms with Crippen LogP contribution >= 0.6 is 0 Å². The molecule has 1 aliphatic rings. The van der Waals surface area contributed by atoms with E-state index in [1.54, 1.807) is 0 Å². The predicted octanol–water partition coefficient (Wildman–Crippen LogP) is 8.07. The number of allylic oxidation sites excluding steroid dienone is 1. The molecule has 3 aromatic rings. The molecule has 3 aromatic carbocycles. The minimum absolute atomic E-state index is 0.765. The summed E-state index contributed by atoms with van der Waals surface area (Å²) in [5.41, 5.74) is 5.21. The maximum absolute atomic E-state index is 3.96. The highest BCUT2D eigenvalue weighted by molar-refractivity contribution is 5.88. The first-order valence-electron chi connectivity index (χ1n) is 10.6. The summed E-state index contributed by atoms with van der Waals surface area (Å²) in [6.07, 6.45) is 12.0. The van der Waals surface area contributed by atoms with Crippen LogP contribution in [0.3, 0.4) is 0 Å². The van der Waals surface area contributed by atoms with Crippen molar-refractivity contribution in [2.24, 2.45) is 11.8 Å². The predicted molar refractivity (Wildman–Crippen MR) is 123 cm³/mol. The summed E-state index contributed by atoms with van der Waals surface area (Å²) in [7, 11) is 0. The second-order valence-corrected chi connectivity index (χ2v) is 8.28. The second-order valence-electron chi connectivity index (χ2n) is 8.28. The molecule has 0 atom stereocenters. The first-order chi connectivity index (χ1) is 13.7. The van der Waals surface area contributed by atoms with Crippen molar-refractivity contribution in [1.29, 1.82) is 0 Å². The summed E-state index contributed by atoms with van der Waals surface area (Å²) in [5.74, 6) is 1.66. The topological polar surface area (TPSA) is 0 Å². The normalized spacial score (nSPS) is 19.4. The molecule has 28 heavy (non-hydrogen) atoms. The molecule has 1 fully saturated rings. The molecule has 0 spiro atoms. The third-order valence-electron chi connectivity index (χ3n) is 6.45.